The third-order valence-electron chi connectivity index (χ3n) is 4.28. The van der Waals surface area contributed by atoms with E-state index in [1.807, 2.05) is 6.92 Å². The molecular weight excluding hydrogens is 316 g/mol. The van der Waals surface area contributed by atoms with Crippen molar-refractivity contribution in [2.24, 2.45) is 0 Å². The van der Waals surface area contributed by atoms with Crippen molar-refractivity contribution < 1.29 is 9.53 Å². The summed E-state index contributed by atoms with van der Waals surface area (Å²) in [4.78, 5) is 21.1. The fourth-order valence-electron chi connectivity index (χ4n) is 2.76. The summed E-state index contributed by atoms with van der Waals surface area (Å²) in [6, 6.07) is 3.63. The molecule has 1 aliphatic heterocycles. The zero-order valence-corrected chi connectivity index (χ0v) is 14.7. The smallest absolute Gasteiger partial charge is 0.242 e. The van der Waals surface area contributed by atoms with Crippen molar-refractivity contribution in [3.63, 3.8) is 0 Å². The normalized spacial score (nSPS) is 21.1. The Bertz CT molecular complexity index is 511. The van der Waals surface area contributed by atoms with Crippen LogP contribution in [0.4, 0.5) is 5.82 Å². The lowest BCUT2D eigenvalue weighted by Crippen LogP contribution is -2.57. The Morgan fingerprint density at radius 1 is 1.52 bits per heavy atom. The van der Waals surface area contributed by atoms with Gasteiger partial charge in [0.05, 0.1) is 17.7 Å². The highest BCUT2D eigenvalue weighted by Crippen LogP contribution is 2.14. The summed E-state index contributed by atoms with van der Waals surface area (Å²) in [5, 5.41) is 3.40. The van der Waals surface area contributed by atoms with Crippen LogP contribution in [0.25, 0.3) is 0 Å². The highest BCUT2D eigenvalue weighted by atomic mass is 35.5. The maximum absolute atomic E-state index is 12.4. The number of anilines is 1. The number of aromatic nitrogens is 1. The summed E-state index contributed by atoms with van der Waals surface area (Å²) in [5.74, 6) is 0.482. The summed E-state index contributed by atoms with van der Waals surface area (Å²) in [5.41, 5.74) is 0. The molecule has 1 fully saturated rings. The number of pyridine rings is 1. The Balaban J connectivity index is 1.86. The van der Waals surface area contributed by atoms with E-state index in [1.165, 1.54) is 6.20 Å². The number of carbonyl (C=O) groups excluding carboxylic acids is 1. The summed E-state index contributed by atoms with van der Waals surface area (Å²) in [6.07, 6.45) is 1.53. The molecule has 6 nitrogen and oxygen atoms in total. The number of carbonyl (C=O) groups is 1. The molecule has 0 aliphatic carbocycles. The molecule has 2 unspecified atom stereocenters. The first kappa shape index (κ1) is 18.1. The van der Waals surface area contributed by atoms with Gasteiger partial charge in [0.25, 0.3) is 0 Å². The molecule has 0 bridgehead atoms. The van der Waals surface area contributed by atoms with Crippen molar-refractivity contribution in [3.8, 4) is 0 Å². The molecule has 2 heterocycles. The second-order valence-corrected chi connectivity index (χ2v) is 6.34. The number of piperazine rings is 1. The molecular formula is C16H25ClN4O2. The molecule has 1 saturated heterocycles. The van der Waals surface area contributed by atoms with E-state index in [1.54, 1.807) is 19.2 Å². The number of nitrogens with one attached hydrogen (secondary N) is 1. The Hall–Kier alpha value is -1.21. The topological polar surface area (TPSA) is 57.7 Å². The number of rotatable bonds is 6. The van der Waals surface area contributed by atoms with Crippen molar-refractivity contribution in [1.29, 1.82) is 0 Å². The highest BCUT2D eigenvalue weighted by Gasteiger charge is 2.29. The largest absolute Gasteiger partial charge is 0.383 e. The maximum Gasteiger partial charge on any atom is 0.242 e. The minimum atomic E-state index is -0.195. The molecule has 7 heteroatoms. The SMILES string of the molecule is COCCN1CCN(C(C)C(=O)Nc2ccc(Cl)cn2)CC1C. The Kier molecular flexibility index (Phi) is 6.77. The van der Waals surface area contributed by atoms with Gasteiger partial charge < -0.3 is 10.1 Å². The molecule has 1 amide bonds. The fraction of sp³-hybridized carbons (Fsp3) is 0.625. The quantitative estimate of drug-likeness (QED) is 0.854. The fourth-order valence-corrected chi connectivity index (χ4v) is 2.87. The van der Waals surface area contributed by atoms with Gasteiger partial charge in [-0.1, -0.05) is 11.6 Å². The van der Waals surface area contributed by atoms with Crippen molar-refractivity contribution in [3.05, 3.63) is 23.4 Å². The molecule has 1 aromatic rings. The van der Waals surface area contributed by atoms with Crippen LogP contribution in [-0.2, 0) is 9.53 Å². The monoisotopic (exact) mass is 340 g/mol. The van der Waals surface area contributed by atoms with Gasteiger partial charge in [0.1, 0.15) is 5.82 Å². The molecule has 2 rings (SSSR count). The summed E-state index contributed by atoms with van der Waals surface area (Å²) >= 11 is 5.80. The van der Waals surface area contributed by atoms with Gasteiger partial charge in [-0.2, -0.15) is 0 Å². The van der Waals surface area contributed by atoms with E-state index in [0.717, 1.165) is 32.8 Å². The molecule has 128 valence electrons. The van der Waals surface area contributed by atoms with Crippen LogP contribution >= 0.6 is 11.6 Å². The number of hydrogen-bond acceptors (Lipinski definition) is 5. The zero-order valence-electron chi connectivity index (χ0n) is 14.0. The van der Waals surface area contributed by atoms with Crippen LogP contribution in [0.5, 0.6) is 0 Å². The first-order chi connectivity index (χ1) is 11.0. The van der Waals surface area contributed by atoms with Crippen LogP contribution in [0.3, 0.4) is 0 Å². The van der Waals surface area contributed by atoms with Crippen LogP contribution in [0.1, 0.15) is 13.8 Å². The highest BCUT2D eigenvalue weighted by molar-refractivity contribution is 6.30. The van der Waals surface area contributed by atoms with Crippen LogP contribution in [-0.4, -0.2) is 72.7 Å². The van der Waals surface area contributed by atoms with E-state index in [0.29, 0.717) is 16.9 Å². The number of ether oxygens (including phenoxy) is 1. The van der Waals surface area contributed by atoms with Crippen LogP contribution < -0.4 is 5.32 Å². The van der Waals surface area contributed by atoms with Gasteiger partial charge in [0.2, 0.25) is 5.91 Å². The number of nitrogens with zero attached hydrogens (tertiary/aromatic N) is 3. The predicted molar refractivity (Wildman–Crippen MR) is 91.8 cm³/mol. The van der Waals surface area contributed by atoms with Gasteiger partial charge in [0.15, 0.2) is 0 Å². The summed E-state index contributed by atoms with van der Waals surface area (Å²) in [7, 11) is 1.72. The summed E-state index contributed by atoms with van der Waals surface area (Å²) in [6.45, 7) is 8.48. The summed E-state index contributed by atoms with van der Waals surface area (Å²) < 4.78 is 5.14. The van der Waals surface area contributed by atoms with E-state index in [9.17, 15) is 4.79 Å². The average Bonchev–Trinajstić information content (AvgIpc) is 2.55. The Labute approximate surface area is 142 Å². The van der Waals surface area contributed by atoms with E-state index in [4.69, 9.17) is 16.3 Å². The van der Waals surface area contributed by atoms with Crippen LogP contribution in [0.15, 0.2) is 18.3 Å². The standard InChI is InChI=1S/C16H25ClN4O2/c1-12-11-21(7-6-20(12)8-9-23-3)13(2)16(22)19-15-5-4-14(17)10-18-15/h4-5,10,12-13H,6-9,11H2,1-3H3,(H,18,19,22). The number of methoxy groups -OCH3 is 1. The van der Waals surface area contributed by atoms with Crippen molar-refractivity contribution in [2.75, 3.05) is 45.2 Å². The first-order valence-corrected chi connectivity index (χ1v) is 8.28. The number of hydrogen-bond donors (Lipinski definition) is 1. The van der Waals surface area contributed by atoms with Gasteiger partial charge in [-0.15, -0.1) is 0 Å². The maximum atomic E-state index is 12.4. The van der Waals surface area contributed by atoms with Crippen molar-refractivity contribution >= 4 is 23.3 Å². The molecule has 1 aromatic heterocycles. The van der Waals surface area contributed by atoms with E-state index in [-0.39, 0.29) is 11.9 Å². The third kappa shape index (κ3) is 5.14. The second-order valence-electron chi connectivity index (χ2n) is 5.90. The lowest BCUT2D eigenvalue weighted by atomic mass is 10.1. The average molecular weight is 341 g/mol. The first-order valence-electron chi connectivity index (χ1n) is 7.90. The molecule has 0 saturated carbocycles. The van der Waals surface area contributed by atoms with E-state index in [2.05, 4.69) is 27.0 Å². The number of halogens is 1. The second kappa shape index (κ2) is 8.59. The molecule has 0 spiro atoms. The van der Waals surface area contributed by atoms with Gasteiger partial charge >= 0.3 is 0 Å². The molecule has 0 radical (unpaired) electrons. The lowest BCUT2D eigenvalue weighted by molar-refractivity contribution is -0.121. The zero-order chi connectivity index (χ0) is 16.8. The molecule has 23 heavy (non-hydrogen) atoms. The molecule has 0 aromatic carbocycles. The predicted octanol–water partition coefficient (Wildman–Crippen LogP) is 1.71. The minimum absolute atomic E-state index is 0.0441. The van der Waals surface area contributed by atoms with Crippen LogP contribution in [0.2, 0.25) is 5.02 Å². The third-order valence-corrected chi connectivity index (χ3v) is 4.51. The van der Waals surface area contributed by atoms with Crippen molar-refractivity contribution in [2.45, 2.75) is 25.9 Å². The van der Waals surface area contributed by atoms with E-state index < -0.39 is 0 Å². The van der Waals surface area contributed by atoms with Gasteiger partial charge in [-0.25, -0.2) is 4.98 Å². The number of amides is 1. The lowest BCUT2D eigenvalue weighted by Gasteiger charge is -2.41. The van der Waals surface area contributed by atoms with Crippen molar-refractivity contribution in [1.82, 2.24) is 14.8 Å². The van der Waals surface area contributed by atoms with Gasteiger partial charge in [-0.3, -0.25) is 14.6 Å². The molecule has 1 N–H and O–H groups in total. The van der Waals surface area contributed by atoms with Gasteiger partial charge in [-0.05, 0) is 26.0 Å². The molecule has 1 aliphatic rings. The minimum Gasteiger partial charge on any atom is -0.383 e. The molecule has 2 atom stereocenters. The Morgan fingerprint density at radius 3 is 2.91 bits per heavy atom. The van der Waals surface area contributed by atoms with E-state index >= 15 is 0 Å². The van der Waals surface area contributed by atoms with Crippen LogP contribution in [0, 0.1) is 0 Å². The van der Waals surface area contributed by atoms with Gasteiger partial charge in [0, 0.05) is 45.5 Å². The Morgan fingerprint density at radius 2 is 2.30 bits per heavy atom.